The molecule has 0 fully saturated rings. The molecule has 0 bridgehead atoms. The van der Waals surface area contributed by atoms with Crippen LogP contribution in [-0.2, 0) is 6.42 Å². The molecule has 1 aromatic carbocycles. The molecule has 0 saturated carbocycles. The van der Waals surface area contributed by atoms with Crippen molar-refractivity contribution in [2.24, 2.45) is 0 Å². The summed E-state index contributed by atoms with van der Waals surface area (Å²) in [6.07, 6.45) is 0.761. The van der Waals surface area contributed by atoms with Gasteiger partial charge in [0.25, 0.3) is 0 Å². The van der Waals surface area contributed by atoms with Crippen LogP contribution in [0.1, 0.15) is 31.3 Å². The van der Waals surface area contributed by atoms with Crippen molar-refractivity contribution in [3.63, 3.8) is 0 Å². The molecule has 1 atom stereocenters. The van der Waals surface area contributed by atoms with Gasteiger partial charge in [-0.25, -0.2) is 9.97 Å². The van der Waals surface area contributed by atoms with Gasteiger partial charge in [0.1, 0.15) is 17.5 Å². The van der Waals surface area contributed by atoms with E-state index in [0.29, 0.717) is 5.82 Å². The molecule has 1 aromatic heterocycles. The number of aryl methyl sites for hydroxylation is 1. The minimum atomic E-state index is 0.146. The van der Waals surface area contributed by atoms with Crippen molar-refractivity contribution in [1.82, 2.24) is 9.97 Å². The first-order chi connectivity index (χ1) is 9.51. The molecule has 4 nitrogen and oxygen atoms in total. The Morgan fingerprint density at radius 2 is 2.05 bits per heavy atom. The van der Waals surface area contributed by atoms with E-state index in [4.69, 9.17) is 17.3 Å². The molecule has 106 valence electrons. The fourth-order valence-corrected chi connectivity index (χ4v) is 2.23. The topological polar surface area (TPSA) is 55.0 Å². The van der Waals surface area contributed by atoms with Crippen molar-refractivity contribution in [3.05, 3.63) is 46.7 Å². The Bertz CT molecular complexity index is 600. The quantitative estimate of drug-likeness (QED) is 0.937. The molecule has 0 radical (unpaired) electrons. The van der Waals surface area contributed by atoms with Gasteiger partial charge in [0.05, 0.1) is 6.04 Å². The zero-order chi connectivity index (χ0) is 14.7. The molecule has 0 saturated heterocycles. The Hall–Kier alpha value is -1.81. The van der Waals surface area contributed by atoms with Gasteiger partial charge in [-0.1, -0.05) is 30.7 Å². The summed E-state index contributed by atoms with van der Waals surface area (Å²) in [6, 6.07) is 9.78. The van der Waals surface area contributed by atoms with E-state index in [1.807, 2.05) is 32.2 Å². The highest BCUT2D eigenvalue weighted by molar-refractivity contribution is 6.30. The van der Waals surface area contributed by atoms with Crippen molar-refractivity contribution < 1.29 is 0 Å². The van der Waals surface area contributed by atoms with E-state index in [1.54, 1.807) is 6.07 Å². The van der Waals surface area contributed by atoms with E-state index in [2.05, 4.69) is 27.9 Å². The maximum absolute atomic E-state index is 6.05. The van der Waals surface area contributed by atoms with Gasteiger partial charge in [0, 0.05) is 24.6 Å². The lowest BCUT2D eigenvalue weighted by Gasteiger charge is -2.27. The molecule has 1 heterocycles. The summed E-state index contributed by atoms with van der Waals surface area (Å²) in [5.41, 5.74) is 6.97. The normalized spacial score (nSPS) is 12.2. The number of anilines is 2. The summed E-state index contributed by atoms with van der Waals surface area (Å²) in [6.45, 7) is 4.12. The molecule has 0 aliphatic heterocycles. The third-order valence-corrected chi connectivity index (χ3v) is 3.60. The Morgan fingerprint density at radius 1 is 1.30 bits per heavy atom. The SMILES string of the molecule is CCc1nc(N)cc(N(C)C(C)c2cccc(Cl)c2)n1. The first-order valence-electron chi connectivity index (χ1n) is 6.63. The number of nitrogens with zero attached hydrogens (tertiary/aromatic N) is 3. The highest BCUT2D eigenvalue weighted by atomic mass is 35.5. The van der Waals surface area contributed by atoms with E-state index in [1.165, 1.54) is 0 Å². The number of nitrogens with two attached hydrogens (primary N) is 1. The molecule has 20 heavy (non-hydrogen) atoms. The number of hydrogen-bond donors (Lipinski definition) is 1. The van der Waals surface area contributed by atoms with Gasteiger partial charge < -0.3 is 10.6 Å². The van der Waals surface area contributed by atoms with Crippen LogP contribution in [0.3, 0.4) is 0 Å². The van der Waals surface area contributed by atoms with Crippen molar-refractivity contribution in [3.8, 4) is 0 Å². The first-order valence-corrected chi connectivity index (χ1v) is 7.00. The number of nitrogen functional groups attached to an aromatic ring is 1. The average molecular weight is 291 g/mol. The zero-order valence-electron chi connectivity index (χ0n) is 12.0. The zero-order valence-corrected chi connectivity index (χ0v) is 12.7. The molecule has 2 rings (SSSR count). The molecular weight excluding hydrogens is 272 g/mol. The van der Waals surface area contributed by atoms with Crippen LogP contribution in [0.15, 0.2) is 30.3 Å². The van der Waals surface area contributed by atoms with Crippen LogP contribution in [0.5, 0.6) is 0 Å². The van der Waals surface area contributed by atoms with Crippen molar-refractivity contribution >= 4 is 23.2 Å². The summed E-state index contributed by atoms with van der Waals surface area (Å²) in [5, 5.41) is 0.735. The Balaban J connectivity index is 2.30. The minimum Gasteiger partial charge on any atom is -0.384 e. The molecule has 1 unspecified atom stereocenters. The molecule has 0 amide bonds. The minimum absolute atomic E-state index is 0.146. The second kappa shape index (κ2) is 6.09. The average Bonchev–Trinajstić information content (AvgIpc) is 2.45. The van der Waals surface area contributed by atoms with E-state index in [9.17, 15) is 0 Å². The molecule has 0 aliphatic rings. The van der Waals surface area contributed by atoms with Crippen LogP contribution >= 0.6 is 11.6 Å². The predicted octanol–water partition coefficient (Wildman–Crippen LogP) is 3.47. The van der Waals surface area contributed by atoms with Crippen molar-refractivity contribution in [1.29, 1.82) is 0 Å². The lowest BCUT2D eigenvalue weighted by Crippen LogP contribution is -2.23. The number of aromatic nitrogens is 2. The molecule has 2 N–H and O–H groups in total. The van der Waals surface area contributed by atoms with Crippen molar-refractivity contribution in [2.45, 2.75) is 26.3 Å². The van der Waals surface area contributed by atoms with Crippen LogP contribution in [0.25, 0.3) is 0 Å². The summed E-state index contributed by atoms with van der Waals surface area (Å²) in [5.74, 6) is 2.07. The molecular formula is C15H19ClN4. The number of benzene rings is 1. The third-order valence-electron chi connectivity index (χ3n) is 3.37. The molecule has 5 heteroatoms. The highest BCUT2D eigenvalue weighted by Gasteiger charge is 2.15. The van der Waals surface area contributed by atoms with Crippen LogP contribution in [0, 0.1) is 0 Å². The Labute approximate surface area is 124 Å². The van der Waals surface area contributed by atoms with Gasteiger partial charge in [0.2, 0.25) is 0 Å². The largest absolute Gasteiger partial charge is 0.384 e. The second-order valence-corrected chi connectivity index (χ2v) is 5.20. The predicted molar refractivity (Wildman–Crippen MR) is 84.1 cm³/mol. The number of hydrogen-bond acceptors (Lipinski definition) is 4. The maximum atomic E-state index is 6.05. The standard InChI is InChI=1S/C15H19ClN4/c1-4-14-18-13(17)9-15(19-14)20(3)10(2)11-6-5-7-12(16)8-11/h5-10H,4H2,1-3H3,(H2,17,18,19). The van der Waals surface area contributed by atoms with Crippen LogP contribution in [-0.4, -0.2) is 17.0 Å². The smallest absolute Gasteiger partial charge is 0.134 e. The number of rotatable bonds is 4. The lowest BCUT2D eigenvalue weighted by atomic mass is 10.1. The fraction of sp³-hybridized carbons (Fsp3) is 0.333. The van der Waals surface area contributed by atoms with Gasteiger partial charge >= 0.3 is 0 Å². The van der Waals surface area contributed by atoms with Crippen LogP contribution in [0.4, 0.5) is 11.6 Å². The van der Waals surface area contributed by atoms with Gasteiger partial charge in [-0.2, -0.15) is 0 Å². The second-order valence-electron chi connectivity index (χ2n) is 4.76. The van der Waals surface area contributed by atoms with Crippen LogP contribution < -0.4 is 10.6 Å². The highest BCUT2D eigenvalue weighted by Crippen LogP contribution is 2.26. The van der Waals surface area contributed by atoms with E-state index in [0.717, 1.165) is 28.6 Å². The Morgan fingerprint density at radius 3 is 2.70 bits per heavy atom. The van der Waals surface area contributed by atoms with E-state index in [-0.39, 0.29) is 6.04 Å². The molecule has 0 aliphatic carbocycles. The van der Waals surface area contributed by atoms with Gasteiger partial charge in [-0.05, 0) is 24.6 Å². The maximum Gasteiger partial charge on any atom is 0.134 e. The van der Waals surface area contributed by atoms with Gasteiger partial charge in [-0.3, -0.25) is 0 Å². The lowest BCUT2D eigenvalue weighted by molar-refractivity contribution is 0.722. The Kier molecular flexibility index (Phi) is 4.45. The third kappa shape index (κ3) is 3.20. The molecule has 0 spiro atoms. The fourth-order valence-electron chi connectivity index (χ4n) is 2.03. The van der Waals surface area contributed by atoms with Crippen molar-refractivity contribution in [2.75, 3.05) is 17.7 Å². The summed E-state index contributed by atoms with van der Waals surface area (Å²) >= 11 is 6.05. The summed E-state index contributed by atoms with van der Waals surface area (Å²) in [4.78, 5) is 10.8. The summed E-state index contributed by atoms with van der Waals surface area (Å²) < 4.78 is 0. The monoisotopic (exact) mass is 290 g/mol. The van der Waals surface area contributed by atoms with E-state index >= 15 is 0 Å². The first kappa shape index (κ1) is 14.6. The van der Waals surface area contributed by atoms with Gasteiger partial charge in [0.15, 0.2) is 0 Å². The summed E-state index contributed by atoms with van der Waals surface area (Å²) in [7, 11) is 1.99. The number of halogens is 1. The van der Waals surface area contributed by atoms with Crippen LogP contribution in [0.2, 0.25) is 5.02 Å². The van der Waals surface area contributed by atoms with Gasteiger partial charge in [-0.15, -0.1) is 0 Å². The van der Waals surface area contributed by atoms with E-state index < -0.39 is 0 Å². The molecule has 2 aromatic rings.